The maximum atomic E-state index is 13.2. The molecule has 1 fully saturated rings. The molecule has 6 nitrogen and oxygen atoms in total. The van der Waals surface area contributed by atoms with E-state index in [4.69, 9.17) is 0 Å². The zero-order valence-corrected chi connectivity index (χ0v) is 19.6. The summed E-state index contributed by atoms with van der Waals surface area (Å²) < 4.78 is 106. The monoisotopic (exact) mass is 530 g/mol. The Kier molecular flexibility index (Phi) is 6.73. The van der Waals surface area contributed by atoms with Crippen LogP contribution in [0.2, 0.25) is 0 Å². The summed E-state index contributed by atoms with van der Waals surface area (Å²) in [5.74, 6) is 0.475. The van der Waals surface area contributed by atoms with Crippen LogP contribution in [-0.4, -0.2) is 49.1 Å². The zero-order chi connectivity index (χ0) is 26.3. The van der Waals surface area contributed by atoms with Crippen LogP contribution in [0.4, 0.5) is 32.2 Å². The van der Waals surface area contributed by atoms with Crippen molar-refractivity contribution in [2.75, 3.05) is 31.1 Å². The number of aromatic nitrogens is 2. The number of sulfonamides is 1. The lowest BCUT2D eigenvalue weighted by molar-refractivity contribution is -0.143. The van der Waals surface area contributed by atoms with E-state index >= 15 is 0 Å². The molecule has 0 atom stereocenters. The van der Waals surface area contributed by atoms with Crippen LogP contribution in [-0.2, 0) is 22.4 Å². The van der Waals surface area contributed by atoms with Gasteiger partial charge < -0.3 is 4.90 Å². The number of hydrogen-bond acceptors (Lipinski definition) is 5. The van der Waals surface area contributed by atoms with Crippen LogP contribution in [0.25, 0.3) is 11.3 Å². The van der Waals surface area contributed by atoms with E-state index in [0.717, 1.165) is 15.4 Å². The van der Waals surface area contributed by atoms with E-state index in [1.807, 2.05) is 31.2 Å². The van der Waals surface area contributed by atoms with Gasteiger partial charge in [0.25, 0.3) is 0 Å². The molecule has 1 aliphatic heterocycles. The van der Waals surface area contributed by atoms with E-state index < -0.39 is 38.4 Å². The summed E-state index contributed by atoms with van der Waals surface area (Å²) in [6.07, 6.45) is -10.3. The normalized spacial score (nSPS) is 15.8. The fourth-order valence-electron chi connectivity index (χ4n) is 3.88. The maximum absolute atomic E-state index is 13.2. The minimum absolute atomic E-state index is 0.101. The molecule has 2 aromatic carbocycles. The fraction of sp³-hybridized carbons (Fsp3) is 0.304. The van der Waals surface area contributed by atoms with Crippen molar-refractivity contribution in [3.05, 3.63) is 71.3 Å². The van der Waals surface area contributed by atoms with Crippen molar-refractivity contribution in [3.8, 4) is 11.3 Å². The van der Waals surface area contributed by atoms with E-state index in [2.05, 4.69) is 10.2 Å². The Balaban J connectivity index is 1.52. The number of piperazine rings is 1. The molecule has 0 unspecified atom stereocenters. The Morgan fingerprint density at radius 2 is 1.36 bits per heavy atom. The van der Waals surface area contributed by atoms with Gasteiger partial charge in [-0.15, -0.1) is 10.2 Å². The minimum Gasteiger partial charge on any atom is -0.352 e. The highest BCUT2D eigenvalue weighted by Crippen LogP contribution is 2.38. The van der Waals surface area contributed by atoms with Crippen LogP contribution in [0.3, 0.4) is 0 Å². The number of rotatable bonds is 4. The molecular formula is C23H20F6N4O2S. The molecule has 1 saturated heterocycles. The van der Waals surface area contributed by atoms with E-state index in [1.54, 1.807) is 17.0 Å². The molecule has 0 amide bonds. The van der Waals surface area contributed by atoms with Crippen LogP contribution >= 0.6 is 0 Å². The molecule has 192 valence electrons. The highest BCUT2D eigenvalue weighted by Gasteiger charge is 2.39. The Morgan fingerprint density at radius 1 is 0.778 bits per heavy atom. The third-order valence-corrected chi connectivity index (χ3v) is 7.71. The van der Waals surface area contributed by atoms with E-state index in [-0.39, 0.29) is 44.4 Å². The first-order chi connectivity index (χ1) is 16.8. The van der Waals surface area contributed by atoms with Crippen LogP contribution in [0.15, 0.2) is 59.5 Å². The second-order valence-electron chi connectivity index (χ2n) is 8.22. The second-order valence-corrected chi connectivity index (χ2v) is 10.2. The Labute approximate surface area is 203 Å². The van der Waals surface area contributed by atoms with Crippen molar-refractivity contribution >= 4 is 15.8 Å². The largest absolute Gasteiger partial charge is 0.416 e. The van der Waals surface area contributed by atoms with Crippen molar-refractivity contribution in [2.24, 2.45) is 0 Å². The summed E-state index contributed by atoms with van der Waals surface area (Å²) >= 11 is 0. The summed E-state index contributed by atoms with van der Waals surface area (Å²) in [5, 5.41) is 8.43. The van der Waals surface area contributed by atoms with Gasteiger partial charge in [0.15, 0.2) is 5.82 Å². The smallest absolute Gasteiger partial charge is 0.352 e. The molecule has 1 aromatic heterocycles. The van der Waals surface area contributed by atoms with Gasteiger partial charge in [-0.2, -0.15) is 30.6 Å². The summed E-state index contributed by atoms with van der Waals surface area (Å²) in [4.78, 5) is 0.689. The maximum Gasteiger partial charge on any atom is 0.416 e. The topological polar surface area (TPSA) is 66.4 Å². The highest BCUT2D eigenvalue weighted by atomic mass is 32.2. The van der Waals surface area contributed by atoms with Gasteiger partial charge in [0.2, 0.25) is 10.0 Å². The number of aryl methyl sites for hydroxylation is 1. The second kappa shape index (κ2) is 9.36. The van der Waals surface area contributed by atoms with Crippen LogP contribution in [0.1, 0.15) is 16.7 Å². The summed E-state index contributed by atoms with van der Waals surface area (Å²) in [7, 11) is -4.61. The molecule has 0 N–H and O–H groups in total. The van der Waals surface area contributed by atoms with Gasteiger partial charge in [0.05, 0.1) is 21.7 Å². The number of hydrogen-bond donors (Lipinski definition) is 0. The number of anilines is 1. The number of nitrogens with zero attached hydrogens (tertiary/aromatic N) is 4. The predicted octanol–water partition coefficient (Wildman–Crippen LogP) is 5.00. The lowest BCUT2D eigenvalue weighted by atomic mass is 10.1. The molecule has 0 saturated carbocycles. The van der Waals surface area contributed by atoms with E-state index in [9.17, 15) is 34.8 Å². The zero-order valence-electron chi connectivity index (χ0n) is 18.8. The van der Waals surface area contributed by atoms with Crippen LogP contribution < -0.4 is 4.90 Å². The molecule has 0 bridgehead atoms. The standard InChI is InChI=1S/C23H20F6N4O2S/c1-15-4-2-3-5-19(15)20-6-7-21(31-30-20)32-8-10-33(11-9-32)36(34,35)18-13-16(22(24,25)26)12-17(14-18)23(27,28)29/h2-7,12-14H,8-11H2,1H3. The molecule has 4 rings (SSSR count). The quantitative estimate of drug-likeness (QED) is 0.445. The molecule has 13 heteroatoms. The number of benzene rings is 2. The average Bonchev–Trinajstić information content (AvgIpc) is 2.83. The summed E-state index contributed by atoms with van der Waals surface area (Å²) in [6.45, 7) is 1.89. The molecule has 0 aliphatic carbocycles. The van der Waals surface area contributed by atoms with Crippen molar-refractivity contribution in [1.29, 1.82) is 0 Å². The Hall–Kier alpha value is -3.19. The lowest BCUT2D eigenvalue weighted by Crippen LogP contribution is -2.49. The number of halogens is 6. The minimum atomic E-state index is -5.15. The summed E-state index contributed by atoms with van der Waals surface area (Å²) in [5.41, 5.74) is -0.784. The van der Waals surface area contributed by atoms with Crippen LogP contribution in [0.5, 0.6) is 0 Å². The highest BCUT2D eigenvalue weighted by molar-refractivity contribution is 7.89. The van der Waals surface area contributed by atoms with Crippen molar-refractivity contribution in [3.63, 3.8) is 0 Å². The Morgan fingerprint density at radius 3 is 1.86 bits per heavy atom. The van der Waals surface area contributed by atoms with E-state index in [0.29, 0.717) is 11.5 Å². The van der Waals surface area contributed by atoms with Gasteiger partial charge in [-0.05, 0) is 42.8 Å². The molecule has 0 spiro atoms. The third kappa shape index (κ3) is 5.31. The molecule has 2 heterocycles. The third-order valence-electron chi connectivity index (χ3n) is 5.83. The first-order valence-corrected chi connectivity index (χ1v) is 12.1. The van der Waals surface area contributed by atoms with Crippen LogP contribution in [0, 0.1) is 6.92 Å². The average molecular weight is 530 g/mol. The Bertz CT molecular complexity index is 1320. The molecule has 36 heavy (non-hydrogen) atoms. The van der Waals surface area contributed by atoms with Gasteiger partial charge in [-0.1, -0.05) is 24.3 Å². The fourth-order valence-corrected chi connectivity index (χ4v) is 5.37. The van der Waals surface area contributed by atoms with Gasteiger partial charge in [0, 0.05) is 31.7 Å². The van der Waals surface area contributed by atoms with Gasteiger partial charge in [-0.25, -0.2) is 8.42 Å². The lowest BCUT2D eigenvalue weighted by Gasteiger charge is -2.34. The molecular weight excluding hydrogens is 510 g/mol. The van der Waals surface area contributed by atoms with Gasteiger partial charge >= 0.3 is 12.4 Å². The van der Waals surface area contributed by atoms with Crippen molar-refractivity contribution in [2.45, 2.75) is 24.2 Å². The van der Waals surface area contributed by atoms with Crippen molar-refractivity contribution < 1.29 is 34.8 Å². The van der Waals surface area contributed by atoms with Gasteiger partial charge in [0.1, 0.15) is 0 Å². The first-order valence-electron chi connectivity index (χ1n) is 10.7. The van der Waals surface area contributed by atoms with Crippen molar-refractivity contribution in [1.82, 2.24) is 14.5 Å². The molecule has 0 radical (unpaired) electrons. The summed E-state index contributed by atoms with van der Waals surface area (Å²) in [6, 6.07) is 11.5. The van der Waals surface area contributed by atoms with E-state index in [1.165, 1.54) is 0 Å². The predicted molar refractivity (Wildman–Crippen MR) is 120 cm³/mol. The SMILES string of the molecule is Cc1ccccc1-c1ccc(N2CCN(S(=O)(=O)c3cc(C(F)(F)F)cc(C(F)(F)F)c3)CC2)nn1. The molecule has 1 aliphatic rings. The van der Waals surface area contributed by atoms with Gasteiger partial charge in [-0.3, -0.25) is 0 Å². The first kappa shape index (κ1) is 25.9. The molecule has 3 aromatic rings. The number of alkyl halides is 6.